The van der Waals surface area contributed by atoms with Gasteiger partial charge in [-0.05, 0) is 27.7 Å². The third-order valence-corrected chi connectivity index (χ3v) is 7.25. The number of esters is 2. The van der Waals surface area contributed by atoms with Gasteiger partial charge in [-0.2, -0.15) is 0 Å². The number of methoxy groups -OCH3 is 1. The molecule has 0 aromatic carbocycles. The zero-order valence-electron chi connectivity index (χ0n) is 20.6. The van der Waals surface area contributed by atoms with Crippen LogP contribution in [0.4, 0.5) is 0 Å². The summed E-state index contributed by atoms with van der Waals surface area (Å²) in [4.78, 5) is 23.1. The van der Waals surface area contributed by atoms with Gasteiger partial charge in [-0.1, -0.05) is 0 Å². The van der Waals surface area contributed by atoms with Gasteiger partial charge in [0.15, 0.2) is 24.3 Å². The van der Waals surface area contributed by atoms with Crippen LogP contribution in [0, 0.1) is 0 Å². The van der Waals surface area contributed by atoms with Crippen LogP contribution >= 0.6 is 0 Å². The predicted octanol–water partition coefficient (Wildman–Crippen LogP) is -1.69. The Morgan fingerprint density at radius 1 is 0.941 bits per heavy atom. The molecular formula is C21H36O13. The van der Waals surface area contributed by atoms with E-state index in [9.17, 15) is 35.1 Å². The molecule has 0 saturated carbocycles. The summed E-state index contributed by atoms with van der Waals surface area (Å²) in [7, 11) is 1.20. The smallest absolute Gasteiger partial charge is 0.305 e. The van der Waals surface area contributed by atoms with E-state index in [-0.39, 0.29) is 0 Å². The lowest BCUT2D eigenvalue weighted by Gasteiger charge is -2.66. The van der Waals surface area contributed by atoms with Gasteiger partial charge >= 0.3 is 11.9 Å². The van der Waals surface area contributed by atoms with E-state index in [2.05, 4.69) is 0 Å². The van der Waals surface area contributed by atoms with Crippen molar-refractivity contribution in [2.75, 3.05) is 13.7 Å². The van der Waals surface area contributed by atoms with Gasteiger partial charge in [-0.25, -0.2) is 0 Å². The van der Waals surface area contributed by atoms with E-state index in [0.29, 0.717) is 0 Å². The molecular weight excluding hydrogens is 460 g/mol. The Labute approximate surface area is 197 Å². The van der Waals surface area contributed by atoms with E-state index >= 15 is 0 Å². The number of ether oxygens (including phenoxy) is 6. The number of hydrogen-bond donors (Lipinski definition) is 5. The Hall–Kier alpha value is -1.42. The highest BCUT2D eigenvalue weighted by molar-refractivity contribution is 5.66. The van der Waals surface area contributed by atoms with Gasteiger partial charge in [0.05, 0.1) is 6.61 Å². The molecule has 13 heteroatoms. The molecule has 2 fully saturated rings. The summed E-state index contributed by atoms with van der Waals surface area (Å²) < 4.78 is 32.6. The van der Waals surface area contributed by atoms with E-state index in [0.717, 1.165) is 20.8 Å². The summed E-state index contributed by atoms with van der Waals surface area (Å²) in [5.74, 6) is -3.72. The molecule has 2 aliphatic rings. The largest absolute Gasteiger partial charge is 0.454 e. The molecule has 0 radical (unpaired) electrons. The zero-order valence-corrected chi connectivity index (χ0v) is 20.6. The first-order valence-electron chi connectivity index (χ1n) is 10.7. The van der Waals surface area contributed by atoms with E-state index < -0.39 is 77.6 Å². The third kappa shape index (κ3) is 4.22. The molecule has 0 aromatic rings. The second-order valence-corrected chi connectivity index (χ2v) is 9.49. The van der Waals surface area contributed by atoms with Crippen LogP contribution < -0.4 is 0 Å². The fourth-order valence-electron chi connectivity index (χ4n) is 4.59. The Bertz CT molecular complexity index is 785. The van der Waals surface area contributed by atoms with Gasteiger partial charge in [0.25, 0.3) is 0 Å². The summed E-state index contributed by atoms with van der Waals surface area (Å²) in [6.45, 7) is 7.53. The number of carbonyl (C=O) groups excluding carboxylic acids is 2. The predicted molar refractivity (Wildman–Crippen MR) is 111 cm³/mol. The number of aliphatic hydroxyl groups excluding tert-OH is 3. The fraction of sp³-hybridized carbons (Fsp3) is 0.905. The van der Waals surface area contributed by atoms with E-state index in [4.69, 9.17) is 28.4 Å². The summed E-state index contributed by atoms with van der Waals surface area (Å²) in [6, 6.07) is 0. The molecule has 2 aliphatic heterocycles. The monoisotopic (exact) mass is 496 g/mol. The highest BCUT2D eigenvalue weighted by Gasteiger charge is 2.77. The Balaban J connectivity index is 2.52. The standard InChI is InChI=1S/C21H36O13/c1-10(23)30-14-13(29-8)12(25)16(31-15(14)26)33-20(6)17(3,9-22)34-21(7,32-11(2)24)19(5,28)18(20,4)27/h12-16,22,25-28H,9H2,1-8H3/t12-,13+,14+,15+,16+,17-,18+,19-,20-,21+/m1/s1. The summed E-state index contributed by atoms with van der Waals surface area (Å²) in [5.41, 5.74) is -8.63. The maximum atomic E-state index is 11.7. The van der Waals surface area contributed by atoms with E-state index in [1.807, 2.05) is 0 Å². The minimum atomic E-state index is -2.34. The molecule has 0 unspecified atom stereocenters. The van der Waals surface area contributed by atoms with Crippen LogP contribution in [0.5, 0.6) is 0 Å². The topological polar surface area (TPSA) is 191 Å². The Morgan fingerprint density at radius 2 is 1.50 bits per heavy atom. The van der Waals surface area contributed by atoms with E-state index in [1.165, 1.54) is 34.8 Å². The first-order valence-corrected chi connectivity index (χ1v) is 10.7. The molecule has 198 valence electrons. The minimum Gasteiger partial charge on any atom is -0.454 e. The molecule has 0 amide bonds. The van der Waals surface area contributed by atoms with Crippen molar-refractivity contribution in [1.82, 2.24) is 0 Å². The lowest BCUT2D eigenvalue weighted by atomic mass is 9.60. The van der Waals surface area contributed by atoms with Crippen molar-refractivity contribution in [3.05, 3.63) is 0 Å². The minimum absolute atomic E-state index is 0.759. The Kier molecular flexibility index (Phi) is 7.82. The molecule has 0 spiro atoms. The molecule has 5 N–H and O–H groups in total. The normalized spacial score (nSPS) is 49.4. The molecule has 2 heterocycles. The van der Waals surface area contributed by atoms with Crippen LogP contribution in [-0.2, 0) is 38.0 Å². The number of hydrogen-bond acceptors (Lipinski definition) is 13. The van der Waals surface area contributed by atoms with Crippen LogP contribution in [0.2, 0.25) is 0 Å². The van der Waals surface area contributed by atoms with Crippen molar-refractivity contribution in [3.8, 4) is 0 Å². The van der Waals surface area contributed by atoms with Crippen LogP contribution in [0.25, 0.3) is 0 Å². The fourth-order valence-corrected chi connectivity index (χ4v) is 4.59. The molecule has 0 aliphatic carbocycles. The van der Waals surface area contributed by atoms with Crippen molar-refractivity contribution in [2.24, 2.45) is 0 Å². The SMILES string of the molecule is CO[C@H]1[C@@H](O)[C@H](O[C@@]2(C)[C@@](C)(O)[C@@](C)(O)[C@@](C)(OC(C)=O)O[C@]2(C)CO)O[C@H](O)[C@H]1OC(C)=O. The molecule has 13 nitrogen and oxygen atoms in total. The first-order chi connectivity index (χ1) is 15.3. The summed E-state index contributed by atoms with van der Waals surface area (Å²) >= 11 is 0. The summed E-state index contributed by atoms with van der Waals surface area (Å²) in [5, 5.41) is 54.5. The molecule has 2 saturated heterocycles. The lowest BCUT2D eigenvalue weighted by Crippen LogP contribution is -2.86. The van der Waals surface area contributed by atoms with Gasteiger partial charge in [0, 0.05) is 27.9 Å². The highest BCUT2D eigenvalue weighted by atomic mass is 16.8. The van der Waals surface area contributed by atoms with Gasteiger partial charge in [-0.15, -0.1) is 0 Å². The maximum absolute atomic E-state index is 11.7. The van der Waals surface area contributed by atoms with Crippen molar-refractivity contribution in [2.45, 2.75) is 108 Å². The Morgan fingerprint density at radius 3 is 1.94 bits per heavy atom. The average Bonchev–Trinajstić information content (AvgIpc) is 2.69. The molecule has 10 atom stereocenters. The van der Waals surface area contributed by atoms with Crippen LogP contribution in [0.1, 0.15) is 48.5 Å². The second-order valence-electron chi connectivity index (χ2n) is 9.49. The van der Waals surface area contributed by atoms with Crippen LogP contribution in [-0.4, -0.2) is 110 Å². The molecule has 34 heavy (non-hydrogen) atoms. The highest BCUT2D eigenvalue weighted by Crippen LogP contribution is 2.56. The number of rotatable bonds is 6. The quantitative estimate of drug-likeness (QED) is 0.262. The molecule has 2 rings (SSSR count). The maximum Gasteiger partial charge on any atom is 0.305 e. The second kappa shape index (κ2) is 9.22. The first kappa shape index (κ1) is 28.8. The van der Waals surface area contributed by atoms with Crippen molar-refractivity contribution < 1.29 is 63.5 Å². The zero-order chi connectivity index (χ0) is 26.5. The van der Waals surface area contributed by atoms with Gasteiger partial charge in [0.1, 0.15) is 29.0 Å². The third-order valence-electron chi connectivity index (χ3n) is 7.25. The van der Waals surface area contributed by atoms with Crippen LogP contribution in [0.3, 0.4) is 0 Å². The number of aliphatic hydroxyl groups is 5. The molecule has 0 bridgehead atoms. The summed E-state index contributed by atoms with van der Waals surface area (Å²) in [6.07, 6.45) is -7.88. The van der Waals surface area contributed by atoms with Crippen molar-refractivity contribution in [3.63, 3.8) is 0 Å². The van der Waals surface area contributed by atoms with Crippen molar-refractivity contribution in [1.29, 1.82) is 0 Å². The van der Waals surface area contributed by atoms with E-state index in [1.54, 1.807) is 0 Å². The van der Waals surface area contributed by atoms with Gasteiger partial charge < -0.3 is 54.0 Å². The average molecular weight is 497 g/mol. The van der Waals surface area contributed by atoms with Gasteiger partial charge in [0.2, 0.25) is 5.79 Å². The van der Waals surface area contributed by atoms with Crippen molar-refractivity contribution >= 4 is 11.9 Å². The lowest BCUT2D eigenvalue weighted by molar-refractivity contribution is -0.475. The number of carbonyl (C=O) groups is 2. The molecule has 0 aromatic heterocycles. The van der Waals surface area contributed by atoms with Crippen LogP contribution in [0.15, 0.2) is 0 Å². The van der Waals surface area contributed by atoms with Gasteiger partial charge in [-0.3, -0.25) is 9.59 Å².